The molecule has 5 nitrogen and oxygen atoms in total. The lowest BCUT2D eigenvalue weighted by Crippen LogP contribution is -2.50. The van der Waals surface area contributed by atoms with Crippen molar-refractivity contribution in [3.63, 3.8) is 0 Å². The average Bonchev–Trinajstić information content (AvgIpc) is 3.30. The van der Waals surface area contributed by atoms with Crippen molar-refractivity contribution in [2.24, 2.45) is 0 Å². The van der Waals surface area contributed by atoms with Gasteiger partial charge in [-0.05, 0) is 61.6 Å². The first kappa shape index (κ1) is 22.8. The van der Waals surface area contributed by atoms with E-state index in [1.807, 2.05) is 24.3 Å². The van der Waals surface area contributed by atoms with Gasteiger partial charge in [0.1, 0.15) is 17.6 Å². The van der Waals surface area contributed by atoms with Crippen LogP contribution in [0.1, 0.15) is 50.7 Å². The molecule has 1 N–H and O–H groups in total. The Morgan fingerprint density at radius 1 is 1.06 bits per heavy atom. The Kier molecular flexibility index (Phi) is 8.04. The molecule has 2 amide bonds. The molecule has 0 saturated heterocycles. The Morgan fingerprint density at radius 3 is 2.29 bits per heavy atom. The van der Waals surface area contributed by atoms with Gasteiger partial charge in [0.15, 0.2) is 6.61 Å². The number of hydrogen-bond acceptors (Lipinski definition) is 3. The lowest BCUT2D eigenvalue weighted by Gasteiger charge is -2.29. The van der Waals surface area contributed by atoms with E-state index in [9.17, 15) is 14.0 Å². The van der Waals surface area contributed by atoms with Crippen LogP contribution in [0.2, 0.25) is 0 Å². The van der Waals surface area contributed by atoms with Gasteiger partial charge in [0.25, 0.3) is 5.91 Å². The Hall–Kier alpha value is -2.89. The lowest BCUT2D eigenvalue weighted by molar-refractivity contribution is -0.142. The number of halogens is 1. The number of hydrogen-bond donors (Lipinski definition) is 1. The number of carbonyl (C=O) groups is 2. The Balaban J connectivity index is 1.68. The second kappa shape index (κ2) is 10.9. The maximum absolute atomic E-state index is 13.3. The molecule has 1 fully saturated rings. The summed E-state index contributed by atoms with van der Waals surface area (Å²) in [6.45, 7) is 3.83. The number of nitrogens with one attached hydrogen (secondary N) is 1. The molecule has 0 aromatic heterocycles. The van der Waals surface area contributed by atoms with E-state index in [1.165, 1.54) is 22.6 Å². The first-order chi connectivity index (χ1) is 15.0. The number of rotatable bonds is 9. The third kappa shape index (κ3) is 6.54. The second-order valence-corrected chi connectivity index (χ2v) is 8.10. The molecule has 1 unspecified atom stereocenters. The van der Waals surface area contributed by atoms with Gasteiger partial charge in [-0.2, -0.15) is 0 Å². The van der Waals surface area contributed by atoms with E-state index in [1.54, 1.807) is 19.1 Å². The van der Waals surface area contributed by atoms with Crippen LogP contribution in [0.15, 0.2) is 48.5 Å². The van der Waals surface area contributed by atoms with Crippen molar-refractivity contribution in [1.82, 2.24) is 10.2 Å². The number of nitrogens with zero attached hydrogens (tertiary/aromatic N) is 1. The highest BCUT2D eigenvalue weighted by molar-refractivity contribution is 5.88. The minimum Gasteiger partial charge on any atom is -0.484 e. The van der Waals surface area contributed by atoms with Gasteiger partial charge >= 0.3 is 0 Å². The first-order valence-corrected chi connectivity index (χ1v) is 11.0. The van der Waals surface area contributed by atoms with Crippen molar-refractivity contribution in [2.75, 3.05) is 6.61 Å². The first-order valence-electron chi connectivity index (χ1n) is 11.0. The number of carbonyl (C=O) groups excluding carboxylic acids is 2. The zero-order valence-electron chi connectivity index (χ0n) is 18.3. The number of amides is 2. The minimum atomic E-state index is -0.663. The molecule has 31 heavy (non-hydrogen) atoms. The van der Waals surface area contributed by atoms with E-state index in [0.29, 0.717) is 5.75 Å². The molecule has 0 aliphatic heterocycles. The SMILES string of the molecule is CCc1ccc(OCC(=O)N(Cc2ccc(F)cc2)C(C)C(=O)NC2CCCC2)cc1. The number of ether oxygens (including phenoxy) is 1. The van der Waals surface area contributed by atoms with Gasteiger partial charge in [-0.3, -0.25) is 9.59 Å². The maximum atomic E-state index is 13.3. The van der Waals surface area contributed by atoms with Crippen molar-refractivity contribution in [3.05, 3.63) is 65.5 Å². The van der Waals surface area contributed by atoms with Crippen molar-refractivity contribution < 1.29 is 18.7 Å². The third-order valence-corrected chi connectivity index (χ3v) is 5.83. The summed E-state index contributed by atoms with van der Waals surface area (Å²) in [4.78, 5) is 27.4. The van der Waals surface area contributed by atoms with Crippen molar-refractivity contribution in [3.8, 4) is 5.75 Å². The molecular weight excluding hydrogens is 395 g/mol. The van der Waals surface area contributed by atoms with Crippen LogP contribution in [0.25, 0.3) is 0 Å². The minimum absolute atomic E-state index is 0.172. The predicted molar refractivity (Wildman–Crippen MR) is 118 cm³/mol. The molecule has 2 aromatic carbocycles. The summed E-state index contributed by atoms with van der Waals surface area (Å²) in [5.41, 5.74) is 1.94. The summed E-state index contributed by atoms with van der Waals surface area (Å²) >= 11 is 0. The van der Waals surface area contributed by atoms with Crippen LogP contribution in [0.4, 0.5) is 4.39 Å². The quantitative estimate of drug-likeness (QED) is 0.652. The van der Waals surface area contributed by atoms with Gasteiger partial charge in [-0.15, -0.1) is 0 Å². The third-order valence-electron chi connectivity index (χ3n) is 5.83. The molecule has 0 spiro atoms. The van der Waals surface area contributed by atoms with E-state index in [-0.39, 0.29) is 36.8 Å². The average molecular weight is 427 g/mol. The number of aryl methyl sites for hydroxylation is 1. The van der Waals surface area contributed by atoms with Gasteiger partial charge < -0.3 is 15.0 Å². The molecule has 6 heteroatoms. The topological polar surface area (TPSA) is 58.6 Å². The highest BCUT2D eigenvalue weighted by Crippen LogP contribution is 2.19. The van der Waals surface area contributed by atoms with E-state index in [0.717, 1.165) is 37.7 Å². The summed E-state index contributed by atoms with van der Waals surface area (Å²) in [5.74, 6) is -0.199. The highest BCUT2D eigenvalue weighted by atomic mass is 19.1. The van der Waals surface area contributed by atoms with Gasteiger partial charge in [-0.25, -0.2) is 4.39 Å². The normalized spacial score (nSPS) is 14.8. The Morgan fingerprint density at radius 2 is 1.68 bits per heavy atom. The monoisotopic (exact) mass is 426 g/mol. The second-order valence-electron chi connectivity index (χ2n) is 8.10. The molecule has 1 saturated carbocycles. The van der Waals surface area contributed by atoms with E-state index >= 15 is 0 Å². The highest BCUT2D eigenvalue weighted by Gasteiger charge is 2.28. The molecule has 1 atom stereocenters. The molecule has 0 radical (unpaired) electrons. The van der Waals surface area contributed by atoms with Crippen molar-refractivity contribution in [1.29, 1.82) is 0 Å². The zero-order valence-corrected chi connectivity index (χ0v) is 18.3. The van der Waals surface area contributed by atoms with Crippen LogP contribution in [0.3, 0.4) is 0 Å². The van der Waals surface area contributed by atoms with Crippen molar-refractivity contribution in [2.45, 2.75) is 64.6 Å². The van der Waals surface area contributed by atoms with Crippen LogP contribution >= 0.6 is 0 Å². The van der Waals surface area contributed by atoms with E-state index in [4.69, 9.17) is 4.74 Å². The number of benzene rings is 2. The van der Waals surface area contributed by atoms with Gasteiger partial charge in [0, 0.05) is 12.6 Å². The standard InChI is InChI=1S/C25H31FN2O3/c1-3-19-10-14-23(15-11-19)31-17-24(29)28(16-20-8-12-21(26)13-9-20)18(2)25(30)27-22-6-4-5-7-22/h8-15,18,22H,3-7,16-17H2,1-2H3,(H,27,30). The fourth-order valence-electron chi connectivity index (χ4n) is 3.81. The zero-order chi connectivity index (χ0) is 22.2. The molecule has 2 aromatic rings. The molecule has 0 heterocycles. The smallest absolute Gasteiger partial charge is 0.261 e. The summed E-state index contributed by atoms with van der Waals surface area (Å²) in [6, 6.07) is 13.1. The van der Waals surface area contributed by atoms with E-state index in [2.05, 4.69) is 12.2 Å². The largest absolute Gasteiger partial charge is 0.484 e. The van der Waals surface area contributed by atoms with Crippen LogP contribution in [0, 0.1) is 5.82 Å². The Bertz CT molecular complexity index is 861. The fraction of sp³-hybridized carbons (Fsp3) is 0.440. The Labute approximate surface area is 183 Å². The fourth-order valence-corrected chi connectivity index (χ4v) is 3.81. The van der Waals surface area contributed by atoms with Crippen LogP contribution in [-0.4, -0.2) is 35.4 Å². The van der Waals surface area contributed by atoms with Crippen LogP contribution in [-0.2, 0) is 22.6 Å². The summed E-state index contributed by atoms with van der Waals surface area (Å²) < 4.78 is 19.0. The van der Waals surface area contributed by atoms with Crippen molar-refractivity contribution >= 4 is 11.8 Å². The lowest BCUT2D eigenvalue weighted by atomic mass is 10.1. The molecule has 1 aliphatic carbocycles. The molecule has 0 bridgehead atoms. The molecule has 166 valence electrons. The summed E-state index contributed by atoms with van der Waals surface area (Å²) in [6.07, 6.45) is 5.10. The van der Waals surface area contributed by atoms with Gasteiger partial charge in [-0.1, -0.05) is 44.0 Å². The molecule has 1 aliphatic rings. The van der Waals surface area contributed by atoms with Gasteiger partial charge in [0.05, 0.1) is 0 Å². The predicted octanol–water partition coefficient (Wildman–Crippen LogP) is 4.24. The van der Waals surface area contributed by atoms with Crippen LogP contribution < -0.4 is 10.1 Å². The van der Waals surface area contributed by atoms with E-state index < -0.39 is 6.04 Å². The maximum Gasteiger partial charge on any atom is 0.261 e. The van der Waals surface area contributed by atoms with Crippen LogP contribution in [0.5, 0.6) is 5.75 Å². The summed E-state index contributed by atoms with van der Waals surface area (Å²) in [5, 5.41) is 3.06. The summed E-state index contributed by atoms with van der Waals surface area (Å²) in [7, 11) is 0. The van der Waals surface area contributed by atoms with Gasteiger partial charge in [0.2, 0.25) is 5.91 Å². The molecular formula is C25H31FN2O3. The molecule has 3 rings (SSSR count).